The lowest BCUT2D eigenvalue weighted by Gasteiger charge is -2.13. The van der Waals surface area contributed by atoms with Gasteiger partial charge in [-0.1, -0.05) is 42.5 Å². The van der Waals surface area contributed by atoms with Crippen LogP contribution in [0.4, 0.5) is 0 Å². The Balaban J connectivity index is 2.59. The number of hydrogen-bond acceptors (Lipinski definition) is 1. The fraction of sp³-hybridized carbons (Fsp3) is 0.300. The van der Waals surface area contributed by atoms with Gasteiger partial charge in [0.2, 0.25) is 0 Å². The fourth-order valence-corrected chi connectivity index (χ4v) is 1.10. The number of thiocarbonyl (C=S) groups is 1. The molecule has 0 N–H and O–H groups in total. The van der Waals surface area contributed by atoms with Gasteiger partial charge in [0.25, 0.3) is 0 Å². The zero-order chi connectivity index (χ0) is 8.97. The maximum atomic E-state index is 5.19. The Kier molecular flexibility index (Phi) is 3.23. The molecule has 0 fully saturated rings. The Morgan fingerprint density at radius 2 is 1.83 bits per heavy atom. The molecule has 1 nitrogen and oxygen atoms in total. The van der Waals surface area contributed by atoms with E-state index in [2.05, 4.69) is 12.1 Å². The minimum absolute atomic E-state index is 0.864. The average Bonchev–Trinajstić information content (AvgIpc) is 2.06. The van der Waals surface area contributed by atoms with Crippen LogP contribution in [0, 0.1) is 0 Å². The highest BCUT2D eigenvalue weighted by molar-refractivity contribution is 7.80. The van der Waals surface area contributed by atoms with E-state index >= 15 is 0 Å². The first-order valence-electron chi connectivity index (χ1n) is 3.94. The zero-order valence-electron chi connectivity index (χ0n) is 7.45. The second-order valence-electron chi connectivity index (χ2n) is 2.95. The molecule has 0 unspecified atom stereocenters. The van der Waals surface area contributed by atoms with Gasteiger partial charge in [-0.15, -0.1) is 0 Å². The molecule has 1 rings (SSSR count). The Bertz CT molecular complexity index is 254. The summed E-state index contributed by atoms with van der Waals surface area (Å²) < 4.78 is 0. The molecule has 0 saturated carbocycles. The number of rotatable bonds is 2. The molecule has 0 aromatic heterocycles. The lowest BCUT2D eigenvalue weighted by Crippen LogP contribution is -2.21. The van der Waals surface area contributed by atoms with Crippen molar-refractivity contribution in [2.24, 2.45) is 0 Å². The van der Waals surface area contributed by atoms with Crippen molar-refractivity contribution >= 4 is 17.2 Å². The Morgan fingerprint density at radius 3 is 2.33 bits per heavy atom. The van der Waals surface area contributed by atoms with Crippen LogP contribution in [-0.4, -0.2) is 24.0 Å². The van der Waals surface area contributed by atoms with E-state index in [0.29, 0.717) is 0 Å². The van der Waals surface area contributed by atoms with Crippen LogP contribution in [0.2, 0.25) is 0 Å². The van der Waals surface area contributed by atoms with Crippen molar-refractivity contribution in [3.05, 3.63) is 35.9 Å². The summed E-state index contributed by atoms with van der Waals surface area (Å²) in [5.41, 5.74) is 1.27. The highest BCUT2D eigenvalue weighted by Gasteiger charge is 1.99. The summed E-state index contributed by atoms with van der Waals surface area (Å²) in [6.07, 6.45) is 0.864. The van der Waals surface area contributed by atoms with Gasteiger partial charge < -0.3 is 4.90 Å². The van der Waals surface area contributed by atoms with Crippen molar-refractivity contribution < 1.29 is 0 Å². The Hall–Kier alpha value is -0.890. The molecule has 0 heterocycles. The van der Waals surface area contributed by atoms with Gasteiger partial charge >= 0.3 is 0 Å². The minimum Gasteiger partial charge on any atom is -0.372 e. The van der Waals surface area contributed by atoms with E-state index in [1.807, 2.05) is 37.2 Å². The first kappa shape index (κ1) is 9.20. The van der Waals surface area contributed by atoms with Crippen LogP contribution >= 0.6 is 12.2 Å². The largest absolute Gasteiger partial charge is 0.372 e. The smallest absolute Gasteiger partial charge is 0.0818 e. The van der Waals surface area contributed by atoms with E-state index < -0.39 is 0 Å². The molecule has 1 aromatic rings. The third-order valence-corrected chi connectivity index (χ3v) is 2.21. The molecule has 0 aliphatic rings. The van der Waals surface area contributed by atoms with Crippen LogP contribution in [0.1, 0.15) is 5.56 Å². The summed E-state index contributed by atoms with van der Waals surface area (Å²) in [5.74, 6) is 0. The molecule has 0 aliphatic carbocycles. The summed E-state index contributed by atoms with van der Waals surface area (Å²) in [6, 6.07) is 10.3. The molecular formula is C10H13NS. The molecule has 0 aliphatic heterocycles. The molecule has 0 saturated heterocycles. The van der Waals surface area contributed by atoms with Crippen molar-refractivity contribution in [2.75, 3.05) is 14.1 Å². The van der Waals surface area contributed by atoms with Crippen molar-refractivity contribution in [1.82, 2.24) is 4.90 Å². The first-order chi connectivity index (χ1) is 5.70. The van der Waals surface area contributed by atoms with E-state index in [4.69, 9.17) is 12.2 Å². The monoisotopic (exact) mass is 179 g/mol. The molecule has 1 aromatic carbocycles. The third-order valence-electron chi connectivity index (χ3n) is 1.70. The van der Waals surface area contributed by atoms with Gasteiger partial charge in [0, 0.05) is 20.5 Å². The highest BCUT2D eigenvalue weighted by atomic mass is 32.1. The van der Waals surface area contributed by atoms with Gasteiger partial charge in [0.1, 0.15) is 0 Å². The molecular weight excluding hydrogens is 166 g/mol. The number of nitrogens with zero attached hydrogens (tertiary/aromatic N) is 1. The maximum Gasteiger partial charge on any atom is 0.0818 e. The summed E-state index contributed by atoms with van der Waals surface area (Å²) in [4.78, 5) is 2.95. The number of likely N-dealkylation sites (N-methyl/N-ethyl adjacent to an activating group) is 1. The van der Waals surface area contributed by atoms with Crippen molar-refractivity contribution in [3.8, 4) is 0 Å². The van der Waals surface area contributed by atoms with E-state index in [1.165, 1.54) is 5.56 Å². The molecule has 0 atom stereocenters. The van der Waals surface area contributed by atoms with Gasteiger partial charge in [-0.05, 0) is 5.56 Å². The molecule has 0 radical (unpaired) electrons. The second kappa shape index (κ2) is 4.21. The molecule has 0 amide bonds. The Morgan fingerprint density at radius 1 is 1.25 bits per heavy atom. The van der Waals surface area contributed by atoms with Gasteiger partial charge in [-0.3, -0.25) is 0 Å². The molecule has 64 valence electrons. The third kappa shape index (κ3) is 2.62. The average molecular weight is 179 g/mol. The highest BCUT2D eigenvalue weighted by Crippen LogP contribution is 2.01. The van der Waals surface area contributed by atoms with Crippen LogP contribution in [-0.2, 0) is 6.42 Å². The zero-order valence-corrected chi connectivity index (χ0v) is 8.27. The molecule has 12 heavy (non-hydrogen) atoms. The van der Waals surface area contributed by atoms with E-state index in [1.54, 1.807) is 0 Å². The second-order valence-corrected chi connectivity index (χ2v) is 3.42. The topological polar surface area (TPSA) is 3.24 Å². The summed E-state index contributed by atoms with van der Waals surface area (Å²) in [6.45, 7) is 0. The SMILES string of the molecule is CN(C)C(=S)Cc1ccccc1. The lowest BCUT2D eigenvalue weighted by atomic mass is 10.1. The fourth-order valence-electron chi connectivity index (χ4n) is 0.929. The van der Waals surface area contributed by atoms with Crippen LogP contribution in [0.5, 0.6) is 0 Å². The van der Waals surface area contributed by atoms with E-state index in [-0.39, 0.29) is 0 Å². The minimum atomic E-state index is 0.864. The van der Waals surface area contributed by atoms with Crippen molar-refractivity contribution in [1.29, 1.82) is 0 Å². The van der Waals surface area contributed by atoms with Crippen molar-refractivity contribution in [3.63, 3.8) is 0 Å². The van der Waals surface area contributed by atoms with Gasteiger partial charge in [0.15, 0.2) is 0 Å². The standard InChI is InChI=1S/C10H13NS/c1-11(2)10(12)8-9-6-4-3-5-7-9/h3-7H,8H2,1-2H3. The normalized spacial score (nSPS) is 9.50. The van der Waals surface area contributed by atoms with E-state index in [9.17, 15) is 0 Å². The van der Waals surface area contributed by atoms with Crippen LogP contribution in [0.25, 0.3) is 0 Å². The van der Waals surface area contributed by atoms with Gasteiger partial charge in [-0.2, -0.15) is 0 Å². The Labute approximate surface area is 79.0 Å². The first-order valence-corrected chi connectivity index (χ1v) is 4.35. The lowest BCUT2D eigenvalue weighted by molar-refractivity contribution is 0.624. The summed E-state index contributed by atoms with van der Waals surface area (Å²) in [5, 5.41) is 0. The van der Waals surface area contributed by atoms with E-state index in [0.717, 1.165) is 11.4 Å². The molecule has 0 bridgehead atoms. The number of hydrogen-bond donors (Lipinski definition) is 0. The molecule has 2 heteroatoms. The summed E-state index contributed by atoms with van der Waals surface area (Å²) >= 11 is 5.19. The summed E-state index contributed by atoms with van der Waals surface area (Å²) in [7, 11) is 3.95. The number of benzene rings is 1. The van der Waals surface area contributed by atoms with Crippen molar-refractivity contribution in [2.45, 2.75) is 6.42 Å². The molecule has 0 spiro atoms. The predicted molar refractivity (Wildman–Crippen MR) is 56.4 cm³/mol. The quantitative estimate of drug-likeness (QED) is 0.640. The maximum absolute atomic E-state index is 5.19. The predicted octanol–water partition coefficient (Wildman–Crippen LogP) is 2.12. The van der Waals surface area contributed by atoms with Crippen LogP contribution in [0.3, 0.4) is 0 Å². The van der Waals surface area contributed by atoms with Crippen LogP contribution < -0.4 is 0 Å². The van der Waals surface area contributed by atoms with Gasteiger partial charge in [0.05, 0.1) is 4.99 Å². The van der Waals surface area contributed by atoms with Gasteiger partial charge in [-0.25, -0.2) is 0 Å². The van der Waals surface area contributed by atoms with Crippen LogP contribution in [0.15, 0.2) is 30.3 Å².